The number of anilines is 1. The molecule has 0 aliphatic carbocycles. The van der Waals surface area contributed by atoms with Crippen molar-refractivity contribution in [1.82, 2.24) is 10.2 Å². The van der Waals surface area contributed by atoms with Crippen LogP contribution in [0.25, 0.3) is 0 Å². The van der Waals surface area contributed by atoms with Crippen molar-refractivity contribution in [2.45, 2.75) is 45.6 Å². The van der Waals surface area contributed by atoms with Gasteiger partial charge in [-0.2, -0.15) is 8.78 Å². The number of benzene rings is 1. The number of ether oxygens (including phenoxy) is 1. The summed E-state index contributed by atoms with van der Waals surface area (Å²) < 4.78 is 31.1. The molecule has 7 nitrogen and oxygen atoms in total. The molecule has 2 rings (SSSR count). The molecule has 10 heteroatoms. The number of rotatable bonds is 5. The largest absolute Gasteiger partial charge is 0.444 e. The van der Waals surface area contributed by atoms with Crippen molar-refractivity contribution in [3.63, 3.8) is 0 Å². The zero-order valence-corrected chi connectivity index (χ0v) is 18.7. The Morgan fingerprint density at radius 3 is 2.63 bits per heavy atom. The van der Waals surface area contributed by atoms with Gasteiger partial charge in [0.05, 0.1) is 11.3 Å². The van der Waals surface area contributed by atoms with Gasteiger partial charge < -0.3 is 20.3 Å². The van der Waals surface area contributed by atoms with Gasteiger partial charge >= 0.3 is 12.5 Å². The van der Waals surface area contributed by atoms with E-state index in [1.807, 2.05) is 0 Å². The molecule has 0 radical (unpaired) electrons. The maximum absolute atomic E-state index is 12.6. The SMILES string of the molecule is CC(C)(C)OC(=O)N1CCC[C@H](CNC(=O)c2cc(Br)ccc2NC(=O)C(F)F)C1. The molecule has 30 heavy (non-hydrogen) atoms. The number of likely N-dealkylation sites (tertiary alicyclic amines) is 1. The summed E-state index contributed by atoms with van der Waals surface area (Å²) in [6.45, 7) is 6.74. The molecule has 0 bridgehead atoms. The molecule has 1 aliphatic rings. The number of hydrogen-bond donors (Lipinski definition) is 2. The predicted molar refractivity (Wildman–Crippen MR) is 112 cm³/mol. The number of alkyl halides is 2. The van der Waals surface area contributed by atoms with E-state index in [1.54, 1.807) is 25.7 Å². The van der Waals surface area contributed by atoms with Gasteiger partial charge in [-0.15, -0.1) is 0 Å². The number of piperidine rings is 1. The Bertz CT molecular complexity index is 799. The lowest BCUT2D eigenvalue weighted by Crippen LogP contribution is -2.45. The minimum Gasteiger partial charge on any atom is -0.444 e. The number of nitrogens with one attached hydrogen (secondary N) is 2. The van der Waals surface area contributed by atoms with Crippen LogP contribution < -0.4 is 10.6 Å². The van der Waals surface area contributed by atoms with Crippen LogP contribution in [0.2, 0.25) is 0 Å². The second-order valence-electron chi connectivity index (χ2n) is 8.12. The van der Waals surface area contributed by atoms with Gasteiger partial charge in [-0.25, -0.2) is 4.79 Å². The third kappa shape index (κ3) is 7.23. The van der Waals surface area contributed by atoms with Crippen LogP contribution in [0.5, 0.6) is 0 Å². The highest BCUT2D eigenvalue weighted by molar-refractivity contribution is 9.10. The lowest BCUT2D eigenvalue weighted by molar-refractivity contribution is -0.126. The minimum atomic E-state index is -3.19. The van der Waals surface area contributed by atoms with E-state index in [4.69, 9.17) is 4.74 Å². The maximum atomic E-state index is 12.6. The molecule has 0 saturated carbocycles. The smallest absolute Gasteiger partial charge is 0.410 e. The zero-order valence-electron chi connectivity index (χ0n) is 17.1. The summed E-state index contributed by atoms with van der Waals surface area (Å²) in [5.41, 5.74) is -0.518. The summed E-state index contributed by atoms with van der Waals surface area (Å²) in [5, 5.41) is 4.83. The second-order valence-corrected chi connectivity index (χ2v) is 9.04. The number of amides is 3. The van der Waals surface area contributed by atoms with Crippen LogP contribution in [-0.4, -0.2) is 54.5 Å². The van der Waals surface area contributed by atoms with Gasteiger partial charge in [0, 0.05) is 24.1 Å². The van der Waals surface area contributed by atoms with Gasteiger partial charge in [-0.3, -0.25) is 9.59 Å². The van der Waals surface area contributed by atoms with E-state index in [0.717, 1.165) is 12.8 Å². The molecule has 1 heterocycles. The highest BCUT2D eigenvalue weighted by Gasteiger charge is 2.28. The summed E-state index contributed by atoms with van der Waals surface area (Å²) in [6, 6.07) is 4.37. The third-order valence-corrected chi connectivity index (χ3v) is 4.90. The van der Waals surface area contributed by atoms with Gasteiger partial charge in [-0.05, 0) is 57.7 Å². The van der Waals surface area contributed by atoms with Crippen molar-refractivity contribution in [3.05, 3.63) is 28.2 Å². The summed E-state index contributed by atoms with van der Waals surface area (Å²) >= 11 is 3.24. The molecule has 3 amide bonds. The van der Waals surface area contributed by atoms with Crippen molar-refractivity contribution in [2.75, 3.05) is 25.0 Å². The molecular weight excluding hydrogens is 464 g/mol. The lowest BCUT2D eigenvalue weighted by atomic mass is 9.98. The van der Waals surface area contributed by atoms with Gasteiger partial charge in [0.2, 0.25) is 0 Å². The van der Waals surface area contributed by atoms with Crippen LogP contribution in [0.1, 0.15) is 44.0 Å². The highest BCUT2D eigenvalue weighted by Crippen LogP contribution is 2.23. The summed E-state index contributed by atoms with van der Waals surface area (Å²) in [6.07, 6.45) is -1.97. The first-order valence-corrected chi connectivity index (χ1v) is 10.4. The van der Waals surface area contributed by atoms with Crippen LogP contribution in [0.3, 0.4) is 0 Å². The molecule has 2 N–H and O–H groups in total. The maximum Gasteiger partial charge on any atom is 0.410 e. The normalized spacial score (nSPS) is 16.9. The van der Waals surface area contributed by atoms with E-state index >= 15 is 0 Å². The number of carbonyl (C=O) groups excluding carboxylic acids is 3. The van der Waals surface area contributed by atoms with E-state index < -0.39 is 23.8 Å². The summed E-state index contributed by atoms with van der Waals surface area (Å²) in [7, 11) is 0. The Morgan fingerprint density at radius 2 is 2.00 bits per heavy atom. The van der Waals surface area contributed by atoms with Crippen molar-refractivity contribution in [2.24, 2.45) is 5.92 Å². The van der Waals surface area contributed by atoms with E-state index in [0.29, 0.717) is 24.1 Å². The van der Waals surface area contributed by atoms with Gasteiger partial charge in [-0.1, -0.05) is 15.9 Å². The van der Waals surface area contributed by atoms with Crippen LogP contribution in [0.15, 0.2) is 22.7 Å². The Kier molecular flexibility index (Phi) is 8.17. The number of halogens is 3. The molecule has 1 aromatic carbocycles. The first-order chi connectivity index (χ1) is 14.0. The third-order valence-electron chi connectivity index (χ3n) is 4.40. The average molecular weight is 490 g/mol. The standard InChI is InChI=1S/C20H26BrF2N3O4/c1-20(2,3)30-19(29)26-8-4-5-12(11-26)10-24-17(27)14-9-13(21)6-7-15(14)25-18(28)16(22)23/h6-7,9,12,16H,4-5,8,10-11H2,1-3H3,(H,24,27)(H,25,28)/t12-/m1/s1. The summed E-state index contributed by atoms with van der Waals surface area (Å²) in [5.74, 6) is -1.96. The quantitative estimate of drug-likeness (QED) is 0.653. The molecular formula is C20H26BrF2N3O4. The van der Waals surface area contributed by atoms with E-state index in [2.05, 4.69) is 26.6 Å². The lowest BCUT2D eigenvalue weighted by Gasteiger charge is -2.34. The molecule has 1 aromatic rings. The number of nitrogens with zero attached hydrogens (tertiary/aromatic N) is 1. The van der Waals surface area contributed by atoms with Gasteiger partial charge in [0.25, 0.3) is 11.8 Å². The van der Waals surface area contributed by atoms with Crippen LogP contribution in [0, 0.1) is 5.92 Å². The topological polar surface area (TPSA) is 87.7 Å². The fourth-order valence-corrected chi connectivity index (χ4v) is 3.42. The van der Waals surface area contributed by atoms with Crippen molar-refractivity contribution >= 4 is 39.5 Å². The average Bonchev–Trinajstić information content (AvgIpc) is 2.66. The molecule has 1 atom stereocenters. The van der Waals surface area contributed by atoms with Crippen LogP contribution in [-0.2, 0) is 9.53 Å². The predicted octanol–water partition coefficient (Wildman–Crippen LogP) is 4.03. The second kappa shape index (κ2) is 10.2. The molecule has 1 aliphatic heterocycles. The Morgan fingerprint density at radius 1 is 1.30 bits per heavy atom. The first kappa shape index (κ1) is 24.0. The highest BCUT2D eigenvalue weighted by atomic mass is 79.9. The van der Waals surface area contributed by atoms with Crippen LogP contribution in [0.4, 0.5) is 19.3 Å². The molecule has 166 valence electrons. The molecule has 0 aromatic heterocycles. The monoisotopic (exact) mass is 489 g/mol. The van der Waals surface area contributed by atoms with E-state index in [-0.39, 0.29) is 23.3 Å². The van der Waals surface area contributed by atoms with Crippen molar-refractivity contribution in [3.8, 4) is 0 Å². The Hall–Kier alpha value is -2.23. The van der Waals surface area contributed by atoms with Gasteiger partial charge in [0.1, 0.15) is 5.60 Å². The number of hydrogen-bond acceptors (Lipinski definition) is 4. The minimum absolute atomic E-state index is 0.0000238. The summed E-state index contributed by atoms with van der Waals surface area (Å²) in [4.78, 5) is 37.9. The zero-order chi connectivity index (χ0) is 22.5. The molecule has 1 fully saturated rings. The Balaban J connectivity index is 1.99. The fourth-order valence-electron chi connectivity index (χ4n) is 3.06. The Labute approximate surface area is 182 Å². The van der Waals surface area contributed by atoms with Crippen molar-refractivity contribution in [1.29, 1.82) is 0 Å². The van der Waals surface area contributed by atoms with Crippen molar-refractivity contribution < 1.29 is 27.9 Å². The van der Waals surface area contributed by atoms with E-state index in [1.165, 1.54) is 18.2 Å². The molecule has 0 unspecified atom stereocenters. The first-order valence-electron chi connectivity index (χ1n) is 9.61. The van der Waals surface area contributed by atoms with Crippen LogP contribution >= 0.6 is 15.9 Å². The molecule has 0 spiro atoms. The number of carbonyl (C=O) groups is 3. The van der Waals surface area contributed by atoms with Gasteiger partial charge in [0.15, 0.2) is 0 Å². The van der Waals surface area contributed by atoms with E-state index in [9.17, 15) is 23.2 Å². The molecule has 1 saturated heterocycles. The fraction of sp³-hybridized carbons (Fsp3) is 0.550.